The van der Waals surface area contributed by atoms with Gasteiger partial charge in [0.1, 0.15) is 0 Å². The van der Waals surface area contributed by atoms with E-state index in [0.717, 1.165) is 0 Å². The van der Waals surface area contributed by atoms with E-state index >= 15 is 0 Å². The lowest BCUT2D eigenvalue weighted by molar-refractivity contribution is -0.244. The van der Waals surface area contributed by atoms with Gasteiger partial charge >= 0.3 is 0 Å². The second-order valence-corrected chi connectivity index (χ2v) is 5.80. The first-order valence-electron chi connectivity index (χ1n) is 8.46. The topological polar surface area (TPSA) is 70.8 Å². The first kappa shape index (κ1) is 19.2. The Bertz CT molecular complexity index is 748. The summed E-state index contributed by atoms with van der Waals surface area (Å²) in [5.41, 5.74) is 2.61. The molecule has 2 aromatic carbocycles. The van der Waals surface area contributed by atoms with Crippen molar-refractivity contribution >= 4 is 22.9 Å². The van der Waals surface area contributed by atoms with Gasteiger partial charge in [0.05, 0.1) is 13.1 Å². The lowest BCUT2D eigenvalue weighted by Crippen LogP contribution is -2.06. The molecule has 0 amide bonds. The van der Waals surface area contributed by atoms with Crippen LogP contribution in [0.3, 0.4) is 0 Å². The van der Waals surface area contributed by atoms with Gasteiger partial charge in [0, 0.05) is 11.4 Å². The summed E-state index contributed by atoms with van der Waals surface area (Å²) in [5.74, 6) is -0.123. The van der Waals surface area contributed by atoms with Crippen LogP contribution in [-0.4, -0.2) is 24.5 Å². The van der Waals surface area contributed by atoms with E-state index < -0.39 is 0 Å². The quantitative estimate of drug-likeness (QED) is 0.439. The highest BCUT2D eigenvalue weighted by Crippen LogP contribution is 2.08. The van der Waals surface area contributed by atoms with Crippen molar-refractivity contribution in [3.05, 3.63) is 83.9 Å². The van der Waals surface area contributed by atoms with Crippen LogP contribution in [0.2, 0.25) is 0 Å². The molecule has 0 unspecified atom stereocenters. The predicted octanol–water partition coefficient (Wildman–Crippen LogP) is 2.71. The molecular weight excluding hydrogens is 324 g/mol. The van der Waals surface area contributed by atoms with Crippen molar-refractivity contribution in [2.45, 2.75) is 13.8 Å². The lowest BCUT2D eigenvalue weighted by atomic mass is 10.1. The van der Waals surface area contributed by atoms with Crippen LogP contribution in [0.1, 0.15) is 25.0 Å². The largest absolute Gasteiger partial charge is 0.872 e. The van der Waals surface area contributed by atoms with E-state index in [1.807, 2.05) is 36.4 Å². The summed E-state index contributed by atoms with van der Waals surface area (Å²) in [6.07, 6.45) is 3.05. The summed E-state index contributed by atoms with van der Waals surface area (Å²) >= 11 is 0. The first-order valence-corrected chi connectivity index (χ1v) is 8.46. The van der Waals surface area contributed by atoms with Gasteiger partial charge in [-0.15, -0.1) is 0 Å². The van der Waals surface area contributed by atoms with Crippen molar-refractivity contribution in [3.63, 3.8) is 0 Å². The number of hydrogen-bond acceptors (Lipinski definition) is 4. The first-order chi connectivity index (χ1) is 12.6. The molecule has 0 bridgehead atoms. The van der Waals surface area contributed by atoms with E-state index in [0.29, 0.717) is 35.6 Å². The molecule has 0 saturated carbocycles. The van der Waals surface area contributed by atoms with Crippen molar-refractivity contribution in [1.82, 2.24) is 0 Å². The molecule has 0 atom stereocenters. The maximum absolute atomic E-state index is 12.0. The molecule has 0 spiro atoms. The van der Waals surface area contributed by atoms with Gasteiger partial charge in [-0.25, -0.2) is 0 Å². The zero-order chi connectivity index (χ0) is 18.8. The fourth-order valence-electron chi connectivity index (χ4n) is 2.29. The second kappa shape index (κ2) is 9.99. The third-order valence-corrected chi connectivity index (χ3v) is 3.62. The van der Waals surface area contributed by atoms with Crippen LogP contribution in [0.25, 0.3) is 11.5 Å². The van der Waals surface area contributed by atoms with E-state index in [9.17, 15) is 10.2 Å². The molecular formula is C22H22N2O2-2. The number of nitrogens with zero attached hydrogens (tertiary/aromatic N) is 2. The molecule has 4 nitrogen and oxygen atoms in total. The number of rotatable bonds is 7. The Hall–Kier alpha value is -3.14. The van der Waals surface area contributed by atoms with Gasteiger partial charge in [-0.1, -0.05) is 72.2 Å². The molecule has 0 aromatic heterocycles. The van der Waals surface area contributed by atoms with Gasteiger partial charge in [-0.05, 0) is 37.1 Å². The fourth-order valence-corrected chi connectivity index (χ4v) is 2.29. The van der Waals surface area contributed by atoms with Crippen molar-refractivity contribution < 1.29 is 10.2 Å². The van der Waals surface area contributed by atoms with Crippen LogP contribution >= 0.6 is 0 Å². The summed E-state index contributed by atoms with van der Waals surface area (Å²) in [7, 11) is 0. The van der Waals surface area contributed by atoms with Gasteiger partial charge in [0.25, 0.3) is 0 Å². The van der Waals surface area contributed by atoms with E-state index in [2.05, 4.69) is 9.98 Å². The second-order valence-electron chi connectivity index (χ2n) is 5.80. The smallest absolute Gasteiger partial charge is 0.0588 e. The van der Waals surface area contributed by atoms with Gasteiger partial charge in [-0.3, -0.25) is 9.98 Å². The molecule has 134 valence electrons. The SMILES string of the molecule is CC(/C=C(\[O-])c1ccccc1)=NCCN=C(C)/C=C(\[O-])c1ccccc1. The molecule has 4 heteroatoms. The molecule has 2 rings (SSSR count). The van der Waals surface area contributed by atoms with Gasteiger partial charge in [0.15, 0.2) is 0 Å². The van der Waals surface area contributed by atoms with Crippen LogP contribution < -0.4 is 10.2 Å². The van der Waals surface area contributed by atoms with Crippen LogP contribution in [0, 0.1) is 0 Å². The maximum atomic E-state index is 12.0. The highest BCUT2D eigenvalue weighted by molar-refractivity contribution is 5.98. The number of aliphatic imine (C=N–C) groups is 2. The fraction of sp³-hybridized carbons (Fsp3) is 0.182. The minimum atomic E-state index is -0.0617. The zero-order valence-electron chi connectivity index (χ0n) is 15.1. The highest BCUT2D eigenvalue weighted by Gasteiger charge is 1.92. The van der Waals surface area contributed by atoms with Crippen LogP contribution in [-0.2, 0) is 0 Å². The summed E-state index contributed by atoms with van der Waals surface area (Å²) in [6.45, 7) is 4.52. The predicted molar refractivity (Wildman–Crippen MR) is 105 cm³/mol. The number of allylic oxidation sites excluding steroid dienone is 2. The third-order valence-electron chi connectivity index (χ3n) is 3.62. The Morgan fingerprint density at radius 3 is 1.38 bits per heavy atom. The Labute approximate surface area is 154 Å². The Morgan fingerprint density at radius 2 is 1.04 bits per heavy atom. The van der Waals surface area contributed by atoms with Crippen molar-refractivity contribution in [2.75, 3.05) is 13.1 Å². The van der Waals surface area contributed by atoms with Gasteiger partial charge in [0.2, 0.25) is 0 Å². The highest BCUT2D eigenvalue weighted by atomic mass is 16.3. The Balaban J connectivity index is 1.90. The normalized spacial score (nSPS) is 13.8. The van der Waals surface area contributed by atoms with Crippen molar-refractivity contribution in [2.24, 2.45) is 9.98 Å². The molecule has 0 aliphatic carbocycles. The van der Waals surface area contributed by atoms with E-state index in [1.165, 1.54) is 12.2 Å². The van der Waals surface area contributed by atoms with Crippen LogP contribution in [0.15, 0.2) is 82.8 Å². The summed E-state index contributed by atoms with van der Waals surface area (Å²) < 4.78 is 0. The average Bonchev–Trinajstić information content (AvgIpc) is 2.66. The monoisotopic (exact) mass is 346 g/mol. The lowest BCUT2D eigenvalue weighted by Gasteiger charge is -2.12. The minimum absolute atomic E-state index is 0.0617. The zero-order valence-corrected chi connectivity index (χ0v) is 15.1. The summed E-state index contributed by atoms with van der Waals surface area (Å²) in [4.78, 5) is 8.67. The standard InChI is InChI=1S/C22H24N2O2/c1-17(15-21(25)19-9-5-3-6-10-19)23-13-14-24-18(2)16-22(26)20-11-7-4-8-12-20/h3-12,15-16,25-26H,13-14H2,1-2H3/p-2/b21-15-,22-16-,23-17?,24-18?. The molecule has 2 aromatic rings. The molecule has 0 heterocycles. The Kier molecular flexibility index (Phi) is 7.37. The average molecular weight is 346 g/mol. The van der Waals surface area contributed by atoms with Crippen molar-refractivity contribution in [3.8, 4) is 0 Å². The summed E-state index contributed by atoms with van der Waals surface area (Å²) in [5, 5.41) is 24.1. The van der Waals surface area contributed by atoms with Gasteiger partial charge in [-0.2, -0.15) is 0 Å². The summed E-state index contributed by atoms with van der Waals surface area (Å²) in [6, 6.07) is 18.2. The minimum Gasteiger partial charge on any atom is -0.872 e. The maximum Gasteiger partial charge on any atom is 0.0588 e. The molecule has 0 aliphatic heterocycles. The van der Waals surface area contributed by atoms with E-state index in [4.69, 9.17) is 0 Å². The molecule has 0 N–H and O–H groups in total. The molecule has 0 saturated heterocycles. The third kappa shape index (κ3) is 6.40. The van der Waals surface area contributed by atoms with Crippen LogP contribution in [0.5, 0.6) is 0 Å². The molecule has 0 radical (unpaired) electrons. The number of benzene rings is 2. The van der Waals surface area contributed by atoms with Crippen molar-refractivity contribution in [1.29, 1.82) is 0 Å². The Morgan fingerprint density at radius 1 is 0.692 bits per heavy atom. The van der Waals surface area contributed by atoms with E-state index in [-0.39, 0.29) is 11.5 Å². The van der Waals surface area contributed by atoms with Crippen LogP contribution in [0.4, 0.5) is 0 Å². The molecule has 0 fully saturated rings. The molecule has 26 heavy (non-hydrogen) atoms. The van der Waals surface area contributed by atoms with Gasteiger partial charge < -0.3 is 10.2 Å². The molecule has 0 aliphatic rings. The van der Waals surface area contributed by atoms with E-state index in [1.54, 1.807) is 38.1 Å². The number of hydrogen-bond donors (Lipinski definition) is 0.